The first-order chi connectivity index (χ1) is 12.6. The predicted molar refractivity (Wildman–Crippen MR) is 107 cm³/mol. The van der Waals surface area contributed by atoms with Crippen LogP contribution in [-0.2, 0) is 11.3 Å². The fourth-order valence-electron chi connectivity index (χ4n) is 2.80. The second-order valence-corrected chi connectivity index (χ2v) is 7.40. The molecular formula is C20H24N4OS. The van der Waals surface area contributed by atoms with E-state index in [1.165, 1.54) is 17.3 Å². The number of carbonyl (C=O) groups excluding carboxylic acids is 1. The molecule has 26 heavy (non-hydrogen) atoms. The molecule has 1 aromatic heterocycles. The summed E-state index contributed by atoms with van der Waals surface area (Å²) in [5, 5.41) is 12.3. The van der Waals surface area contributed by atoms with E-state index in [-0.39, 0.29) is 5.91 Å². The molecule has 0 bridgehead atoms. The third-order valence-corrected chi connectivity index (χ3v) is 5.22. The van der Waals surface area contributed by atoms with Crippen LogP contribution in [0.1, 0.15) is 44.5 Å². The van der Waals surface area contributed by atoms with E-state index in [0.717, 1.165) is 35.2 Å². The lowest BCUT2D eigenvalue weighted by atomic mass is 10.0. The van der Waals surface area contributed by atoms with Gasteiger partial charge in [-0.2, -0.15) is 0 Å². The molecular weight excluding hydrogens is 344 g/mol. The molecule has 1 aromatic carbocycles. The molecule has 0 saturated carbocycles. The summed E-state index contributed by atoms with van der Waals surface area (Å²) in [6.45, 7) is 7.14. The van der Waals surface area contributed by atoms with Crippen molar-refractivity contribution >= 4 is 28.9 Å². The molecule has 1 aliphatic rings. The standard InChI is InChI=1S/C20H24N4OS/c1-4-24-19(16-7-5-6-8-16)22-23-20(24)26-13-18(25)21-17-11-9-15(10-12-17)14(2)3/h5,7-12,14H,4,6,13H2,1-3H3,(H,21,25). The summed E-state index contributed by atoms with van der Waals surface area (Å²) in [6.07, 6.45) is 7.25. The molecule has 1 amide bonds. The maximum atomic E-state index is 12.3. The molecule has 1 heterocycles. The number of rotatable bonds is 7. The largest absolute Gasteiger partial charge is 0.325 e. The lowest BCUT2D eigenvalue weighted by Gasteiger charge is -2.09. The summed E-state index contributed by atoms with van der Waals surface area (Å²) in [4.78, 5) is 12.3. The Balaban J connectivity index is 1.60. The molecule has 1 aliphatic carbocycles. The van der Waals surface area contributed by atoms with Gasteiger partial charge in [0.25, 0.3) is 0 Å². The van der Waals surface area contributed by atoms with Crippen LogP contribution in [0.2, 0.25) is 0 Å². The van der Waals surface area contributed by atoms with E-state index in [9.17, 15) is 4.79 Å². The van der Waals surface area contributed by atoms with Crippen molar-refractivity contribution in [2.75, 3.05) is 11.1 Å². The van der Waals surface area contributed by atoms with Crippen molar-refractivity contribution in [1.82, 2.24) is 14.8 Å². The summed E-state index contributed by atoms with van der Waals surface area (Å²) in [5.41, 5.74) is 3.18. The van der Waals surface area contributed by atoms with Crippen LogP contribution < -0.4 is 5.32 Å². The average Bonchev–Trinajstić information content (AvgIpc) is 3.29. The molecule has 136 valence electrons. The van der Waals surface area contributed by atoms with Crippen LogP contribution in [0.25, 0.3) is 5.57 Å². The van der Waals surface area contributed by atoms with Crippen molar-refractivity contribution in [3.63, 3.8) is 0 Å². The number of hydrogen-bond acceptors (Lipinski definition) is 4. The van der Waals surface area contributed by atoms with Crippen LogP contribution in [0.15, 0.2) is 47.6 Å². The molecule has 0 fully saturated rings. The monoisotopic (exact) mass is 368 g/mol. The molecule has 5 nitrogen and oxygen atoms in total. The number of thioether (sulfide) groups is 1. The Hall–Kier alpha value is -2.34. The van der Waals surface area contributed by atoms with Crippen LogP contribution in [-0.4, -0.2) is 26.4 Å². The summed E-state index contributed by atoms with van der Waals surface area (Å²) in [6, 6.07) is 8.00. The van der Waals surface area contributed by atoms with Crippen LogP contribution in [0.5, 0.6) is 0 Å². The van der Waals surface area contributed by atoms with Gasteiger partial charge in [0.05, 0.1) is 5.75 Å². The Labute approximate surface area is 158 Å². The molecule has 2 aromatic rings. The van der Waals surface area contributed by atoms with Gasteiger partial charge in [-0.05, 0) is 37.0 Å². The summed E-state index contributed by atoms with van der Waals surface area (Å²) in [7, 11) is 0. The number of allylic oxidation sites excluding steroid dienone is 4. The Morgan fingerprint density at radius 3 is 2.65 bits per heavy atom. The van der Waals surface area contributed by atoms with Gasteiger partial charge in [0.15, 0.2) is 11.0 Å². The van der Waals surface area contributed by atoms with Crippen LogP contribution >= 0.6 is 11.8 Å². The second kappa shape index (κ2) is 8.36. The SMILES string of the molecule is CCn1c(SCC(=O)Nc2ccc(C(C)C)cc2)nnc1C1=CCC=C1. The molecule has 1 N–H and O–H groups in total. The molecule has 0 saturated heterocycles. The number of carbonyl (C=O) groups is 1. The first-order valence-corrected chi connectivity index (χ1v) is 9.90. The lowest BCUT2D eigenvalue weighted by Crippen LogP contribution is -2.14. The van der Waals surface area contributed by atoms with Gasteiger partial charge in [0.2, 0.25) is 5.91 Å². The van der Waals surface area contributed by atoms with Gasteiger partial charge in [-0.25, -0.2) is 0 Å². The minimum Gasteiger partial charge on any atom is -0.325 e. The molecule has 0 radical (unpaired) electrons. The van der Waals surface area contributed by atoms with Gasteiger partial charge in [-0.15, -0.1) is 10.2 Å². The van der Waals surface area contributed by atoms with E-state index < -0.39 is 0 Å². The second-order valence-electron chi connectivity index (χ2n) is 6.46. The quantitative estimate of drug-likeness (QED) is 0.731. The van der Waals surface area contributed by atoms with Crippen molar-refractivity contribution < 1.29 is 4.79 Å². The third-order valence-electron chi connectivity index (χ3n) is 4.26. The third kappa shape index (κ3) is 4.25. The number of anilines is 1. The van der Waals surface area contributed by atoms with Gasteiger partial charge < -0.3 is 9.88 Å². The van der Waals surface area contributed by atoms with E-state index in [4.69, 9.17) is 0 Å². The molecule has 0 unspecified atom stereocenters. The molecule has 0 atom stereocenters. The highest BCUT2D eigenvalue weighted by Gasteiger charge is 2.16. The number of nitrogens with zero attached hydrogens (tertiary/aromatic N) is 3. The number of hydrogen-bond donors (Lipinski definition) is 1. The maximum absolute atomic E-state index is 12.3. The first kappa shape index (κ1) is 18.5. The minimum absolute atomic E-state index is 0.0422. The number of aromatic nitrogens is 3. The lowest BCUT2D eigenvalue weighted by molar-refractivity contribution is -0.113. The highest BCUT2D eigenvalue weighted by molar-refractivity contribution is 7.99. The Morgan fingerprint density at radius 1 is 1.27 bits per heavy atom. The van der Waals surface area contributed by atoms with Gasteiger partial charge in [-0.3, -0.25) is 4.79 Å². The Morgan fingerprint density at radius 2 is 2.04 bits per heavy atom. The van der Waals surface area contributed by atoms with E-state index in [1.54, 1.807) is 0 Å². The number of benzene rings is 1. The van der Waals surface area contributed by atoms with Gasteiger partial charge >= 0.3 is 0 Å². The van der Waals surface area contributed by atoms with Gasteiger partial charge in [-0.1, -0.05) is 56.0 Å². The Kier molecular flexibility index (Phi) is 5.93. The molecule has 0 spiro atoms. The zero-order valence-corrected chi connectivity index (χ0v) is 16.2. The van der Waals surface area contributed by atoms with Crippen LogP contribution in [0.3, 0.4) is 0 Å². The summed E-state index contributed by atoms with van der Waals surface area (Å²) in [5.74, 6) is 1.61. The van der Waals surface area contributed by atoms with E-state index in [2.05, 4.69) is 71.2 Å². The Bertz CT molecular complexity index is 834. The fourth-order valence-corrected chi connectivity index (χ4v) is 3.60. The fraction of sp³-hybridized carbons (Fsp3) is 0.350. The molecule has 0 aliphatic heterocycles. The van der Waals surface area contributed by atoms with E-state index in [0.29, 0.717) is 11.7 Å². The first-order valence-electron chi connectivity index (χ1n) is 8.91. The summed E-state index contributed by atoms with van der Waals surface area (Å²) < 4.78 is 2.05. The number of nitrogens with one attached hydrogen (secondary N) is 1. The van der Waals surface area contributed by atoms with Crippen molar-refractivity contribution in [1.29, 1.82) is 0 Å². The summed E-state index contributed by atoms with van der Waals surface area (Å²) >= 11 is 1.41. The zero-order valence-electron chi connectivity index (χ0n) is 15.4. The topological polar surface area (TPSA) is 59.8 Å². The highest BCUT2D eigenvalue weighted by atomic mass is 32.2. The van der Waals surface area contributed by atoms with Gasteiger partial charge in [0, 0.05) is 17.8 Å². The van der Waals surface area contributed by atoms with Gasteiger partial charge in [0.1, 0.15) is 0 Å². The van der Waals surface area contributed by atoms with Crippen molar-refractivity contribution in [2.24, 2.45) is 0 Å². The predicted octanol–water partition coefficient (Wildman–Crippen LogP) is 4.50. The average molecular weight is 369 g/mol. The highest BCUT2D eigenvalue weighted by Crippen LogP contribution is 2.25. The van der Waals surface area contributed by atoms with Crippen LogP contribution in [0.4, 0.5) is 5.69 Å². The van der Waals surface area contributed by atoms with Crippen molar-refractivity contribution in [3.05, 3.63) is 53.9 Å². The van der Waals surface area contributed by atoms with E-state index in [1.807, 2.05) is 12.1 Å². The maximum Gasteiger partial charge on any atom is 0.234 e. The number of amides is 1. The minimum atomic E-state index is -0.0422. The van der Waals surface area contributed by atoms with Crippen molar-refractivity contribution in [2.45, 2.75) is 44.8 Å². The zero-order chi connectivity index (χ0) is 18.5. The molecule has 6 heteroatoms. The molecule has 3 rings (SSSR count). The van der Waals surface area contributed by atoms with Crippen molar-refractivity contribution in [3.8, 4) is 0 Å². The van der Waals surface area contributed by atoms with Crippen LogP contribution in [0, 0.1) is 0 Å². The normalized spacial score (nSPS) is 13.3. The smallest absolute Gasteiger partial charge is 0.234 e. The van der Waals surface area contributed by atoms with E-state index >= 15 is 0 Å².